The molecule has 20 heavy (non-hydrogen) atoms. The number of likely N-dealkylation sites (tertiary alicyclic amines) is 1. The Balaban J connectivity index is 1.95. The lowest BCUT2D eigenvalue weighted by atomic mass is 10.0. The maximum Gasteiger partial charge on any atom is 0.326 e. The van der Waals surface area contributed by atoms with Gasteiger partial charge < -0.3 is 14.7 Å². The topological polar surface area (TPSA) is 66.8 Å². The number of aliphatic carboxylic acids is 1. The summed E-state index contributed by atoms with van der Waals surface area (Å²) in [7, 11) is 0. The van der Waals surface area contributed by atoms with Crippen molar-refractivity contribution in [1.82, 2.24) is 4.90 Å². The van der Waals surface area contributed by atoms with Gasteiger partial charge in [0.15, 0.2) is 6.61 Å². The molecule has 1 N–H and O–H groups in total. The first-order chi connectivity index (χ1) is 9.58. The van der Waals surface area contributed by atoms with Gasteiger partial charge in [0.25, 0.3) is 5.91 Å². The minimum Gasteiger partial charge on any atom is -0.484 e. The van der Waals surface area contributed by atoms with Crippen LogP contribution in [0.4, 0.5) is 4.39 Å². The van der Waals surface area contributed by atoms with Crippen LogP contribution in [0.3, 0.4) is 0 Å². The highest BCUT2D eigenvalue weighted by Gasteiger charge is 2.31. The minimum atomic E-state index is -0.996. The number of halogens is 1. The molecule has 1 amide bonds. The second-order valence-electron chi connectivity index (χ2n) is 4.68. The van der Waals surface area contributed by atoms with E-state index in [1.54, 1.807) is 6.07 Å². The summed E-state index contributed by atoms with van der Waals surface area (Å²) in [5.41, 5.74) is 0. The quantitative estimate of drug-likeness (QED) is 0.911. The monoisotopic (exact) mass is 281 g/mol. The van der Waals surface area contributed by atoms with E-state index < -0.39 is 17.8 Å². The van der Waals surface area contributed by atoms with Crippen LogP contribution in [0.15, 0.2) is 24.3 Å². The van der Waals surface area contributed by atoms with Crippen LogP contribution in [0, 0.1) is 5.82 Å². The van der Waals surface area contributed by atoms with Crippen LogP contribution in [0.1, 0.15) is 19.3 Å². The fourth-order valence-corrected chi connectivity index (χ4v) is 2.27. The first-order valence-corrected chi connectivity index (χ1v) is 6.48. The Morgan fingerprint density at radius 1 is 1.40 bits per heavy atom. The molecule has 1 unspecified atom stereocenters. The standard InChI is InChI=1S/C14H16FNO4/c15-10-4-3-5-11(8-10)20-9-13(17)16-7-2-1-6-12(16)14(18)19/h3-5,8,12H,1-2,6-7,9H2,(H,18,19). The van der Waals surface area contributed by atoms with Gasteiger partial charge in [0.2, 0.25) is 0 Å². The molecule has 1 aromatic rings. The molecule has 1 aliphatic rings. The number of nitrogens with zero attached hydrogens (tertiary/aromatic N) is 1. The van der Waals surface area contributed by atoms with Crippen molar-refractivity contribution in [3.05, 3.63) is 30.1 Å². The highest BCUT2D eigenvalue weighted by Crippen LogP contribution is 2.18. The lowest BCUT2D eigenvalue weighted by molar-refractivity contribution is -0.152. The van der Waals surface area contributed by atoms with Gasteiger partial charge in [-0.05, 0) is 31.4 Å². The Morgan fingerprint density at radius 3 is 2.90 bits per heavy atom. The number of hydrogen-bond donors (Lipinski definition) is 1. The van der Waals surface area contributed by atoms with Crippen molar-refractivity contribution in [2.24, 2.45) is 0 Å². The van der Waals surface area contributed by atoms with Gasteiger partial charge in [-0.15, -0.1) is 0 Å². The minimum absolute atomic E-state index is 0.252. The third-order valence-electron chi connectivity index (χ3n) is 3.27. The highest BCUT2D eigenvalue weighted by atomic mass is 19.1. The van der Waals surface area contributed by atoms with Crippen LogP contribution in [0.25, 0.3) is 0 Å². The number of amides is 1. The van der Waals surface area contributed by atoms with E-state index in [0.717, 1.165) is 12.8 Å². The average Bonchev–Trinajstić information content (AvgIpc) is 2.45. The number of carbonyl (C=O) groups excluding carboxylic acids is 1. The number of carboxylic acids is 1. The van der Waals surface area contributed by atoms with E-state index in [1.807, 2.05) is 0 Å². The zero-order chi connectivity index (χ0) is 14.5. The molecule has 1 atom stereocenters. The van der Waals surface area contributed by atoms with E-state index in [0.29, 0.717) is 13.0 Å². The number of hydrogen-bond acceptors (Lipinski definition) is 3. The van der Waals surface area contributed by atoms with Gasteiger partial charge in [-0.25, -0.2) is 9.18 Å². The van der Waals surface area contributed by atoms with E-state index in [4.69, 9.17) is 9.84 Å². The van der Waals surface area contributed by atoms with Crippen LogP contribution < -0.4 is 4.74 Å². The molecule has 1 heterocycles. The number of benzene rings is 1. The zero-order valence-corrected chi connectivity index (χ0v) is 10.9. The predicted octanol–water partition coefficient (Wildman–Crippen LogP) is 1.67. The fraction of sp³-hybridized carbons (Fsp3) is 0.429. The van der Waals surface area contributed by atoms with Crippen molar-refractivity contribution in [3.63, 3.8) is 0 Å². The molecule has 5 nitrogen and oxygen atoms in total. The predicted molar refractivity (Wildman–Crippen MR) is 68.9 cm³/mol. The average molecular weight is 281 g/mol. The van der Waals surface area contributed by atoms with Crippen LogP contribution in [0.5, 0.6) is 5.75 Å². The molecule has 1 saturated heterocycles. The van der Waals surface area contributed by atoms with Gasteiger partial charge in [0, 0.05) is 12.6 Å². The molecule has 0 aromatic heterocycles. The van der Waals surface area contributed by atoms with Crippen molar-refractivity contribution in [2.45, 2.75) is 25.3 Å². The van der Waals surface area contributed by atoms with Gasteiger partial charge in [-0.3, -0.25) is 4.79 Å². The third kappa shape index (κ3) is 3.46. The lowest BCUT2D eigenvalue weighted by Crippen LogP contribution is -2.49. The maximum atomic E-state index is 13.0. The molecule has 0 radical (unpaired) electrons. The fourth-order valence-electron chi connectivity index (χ4n) is 2.27. The lowest BCUT2D eigenvalue weighted by Gasteiger charge is -2.32. The Kier molecular flexibility index (Phi) is 4.55. The molecule has 0 aliphatic carbocycles. The van der Waals surface area contributed by atoms with Gasteiger partial charge >= 0.3 is 5.97 Å². The second-order valence-corrected chi connectivity index (χ2v) is 4.68. The molecule has 2 rings (SSSR count). The number of rotatable bonds is 4. The van der Waals surface area contributed by atoms with E-state index in [-0.39, 0.29) is 18.3 Å². The molecule has 1 aliphatic heterocycles. The van der Waals surface area contributed by atoms with Gasteiger partial charge in [-0.1, -0.05) is 6.07 Å². The maximum absolute atomic E-state index is 13.0. The summed E-state index contributed by atoms with van der Waals surface area (Å²) in [4.78, 5) is 24.4. The molecule has 108 valence electrons. The second kappa shape index (κ2) is 6.36. The van der Waals surface area contributed by atoms with Crippen molar-refractivity contribution < 1.29 is 23.8 Å². The van der Waals surface area contributed by atoms with Crippen LogP contribution in [-0.2, 0) is 9.59 Å². The van der Waals surface area contributed by atoms with Crippen molar-refractivity contribution in [3.8, 4) is 5.75 Å². The molecule has 1 aromatic carbocycles. The Bertz CT molecular complexity index is 506. The van der Waals surface area contributed by atoms with E-state index in [9.17, 15) is 14.0 Å². The van der Waals surface area contributed by atoms with E-state index in [2.05, 4.69) is 0 Å². The van der Waals surface area contributed by atoms with E-state index >= 15 is 0 Å². The number of piperidine rings is 1. The summed E-state index contributed by atoms with van der Waals surface area (Å²) in [5, 5.41) is 9.09. The van der Waals surface area contributed by atoms with Gasteiger partial charge in [-0.2, -0.15) is 0 Å². The van der Waals surface area contributed by atoms with Gasteiger partial charge in [0.1, 0.15) is 17.6 Å². The largest absolute Gasteiger partial charge is 0.484 e. The molecule has 1 fully saturated rings. The van der Waals surface area contributed by atoms with E-state index in [1.165, 1.54) is 23.1 Å². The molecule has 0 bridgehead atoms. The normalized spacial score (nSPS) is 18.6. The molecule has 0 spiro atoms. The van der Waals surface area contributed by atoms with Crippen molar-refractivity contribution in [1.29, 1.82) is 0 Å². The summed E-state index contributed by atoms with van der Waals surface area (Å²) >= 11 is 0. The summed E-state index contributed by atoms with van der Waals surface area (Å²) < 4.78 is 18.2. The first-order valence-electron chi connectivity index (χ1n) is 6.48. The Hall–Kier alpha value is -2.11. The third-order valence-corrected chi connectivity index (χ3v) is 3.27. The van der Waals surface area contributed by atoms with Crippen LogP contribution in [0.2, 0.25) is 0 Å². The summed E-state index contributed by atoms with van der Waals surface area (Å²) in [5.74, 6) is -1.58. The Morgan fingerprint density at radius 2 is 2.20 bits per heavy atom. The summed E-state index contributed by atoms with van der Waals surface area (Å²) in [6.07, 6.45) is 2.04. The molecular formula is C14H16FNO4. The summed E-state index contributed by atoms with van der Waals surface area (Å²) in [6.45, 7) is 0.134. The SMILES string of the molecule is O=C(O)C1CCCCN1C(=O)COc1cccc(F)c1. The number of ether oxygens (including phenoxy) is 1. The first kappa shape index (κ1) is 14.3. The smallest absolute Gasteiger partial charge is 0.326 e. The van der Waals surface area contributed by atoms with Crippen molar-refractivity contribution >= 4 is 11.9 Å². The van der Waals surface area contributed by atoms with Crippen LogP contribution in [-0.4, -0.2) is 41.1 Å². The highest BCUT2D eigenvalue weighted by molar-refractivity contribution is 5.84. The number of carbonyl (C=O) groups is 2. The van der Waals surface area contributed by atoms with Crippen molar-refractivity contribution in [2.75, 3.05) is 13.2 Å². The molecule has 0 saturated carbocycles. The molecular weight excluding hydrogens is 265 g/mol. The zero-order valence-electron chi connectivity index (χ0n) is 10.9. The summed E-state index contributed by atoms with van der Waals surface area (Å²) in [6, 6.07) is 4.70. The Labute approximate surface area is 116 Å². The van der Waals surface area contributed by atoms with Crippen LogP contribution >= 0.6 is 0 Å². The number of carboxylic acid groups (broad SMARTS) is 1. The van der Waals surface area contributed by atoms with Gasteiger partial charge in [0.05, 0.1) is 0 Å². The molecule has 6 heteroatoms.